The zero-order valence-corrected chi connectivity index (χ0v) is 11.3. The Morgan fingerprint density at radius 2 is 2.11 bits per heavy atom. The molecule has 4 N–H and O–H groups in total. The highest BCUT2D eigenvalue weighted by atomic mass is 32.2. The summed E-state index contributed by atoms with van der Waals surface area (Å²) < 4.78 is 0. The predicted molar refractivity (Wildman–Crippen MR) is 78.2 cm³/mol. The van der Waals surface area contributed by atoms with Crippen LogP contribution in [0.1, 0.15) is 23.2 Å². The molecule has 1 saturated heterocycles. The largest absolute Gasteiger partial charge is 0.397 e. The topological polar surface area (TPSA) is 67.2 Å². The fourth-order valence-electron chi connectivity index (χ4n) is 2.03. The quantitative estimate of drug-likeness (QED) is 0.731. The first-order chi connectivity index (χ1) is 8.70. The van der Waals surface area contributed by atoms with Gasteiger partial charge in [-0.05, 0) is 42.5 Å². The van der Waals surface area contributed by atoms with Gasteiger partial charge in [-0.2, -0.15) is 11.8 Å². The Labute approximate surface area is 112 Å². The van der Waals surface area contributed by atoms with Gasteiger partial charge in [-0.25, -0.2) is 0 Å². The maximum Gasteiger partial charge on any atom is 0.251 e. The van der Waals surface area contributed by atoms with E-state index in [-0.39, 0.29) is 5.91 Å². The van der Waals surface area contributed by atoms with E-state index >= 15 is 0 Å². The average Bonchev–Trinajstić information content (AvgIpc) is 2.41. The van der Waals surface area contributed by atoms with Gasteiger partial charge in [0.2, 0.25) is 0 Å². The molecule has 0 aliphatic carbocycles. The molecule has 5 heteroatoms. The molecule has 1 aromatic rings. The lowest BCUT2D eigenvalue weighted by atomic mass is 10.1. The molecule has 4 nitrogen and oxygen atoms in total. The standard InChI is InChI=1S/C13H19N3OS/c1-15-13(17)9-2-3-11(14)12(8-9)16-10-4-6-18-7-5-10/h2-3,8,10,16H,4-7,14H2,1H3,(H,15,17). The second-order valence-electron chi connectivity index (χ2n) is 4.41. The lowest BCUT2D eigenvalue weighted by Gasteiger charge is -2.24. The van der Waals surface area contributed by atoms with Crippen LogP contribution in [0, 0.1) is 0 Å². The molecular weight excluding hydrogens is 246 g/mol. The second kappa shape index (κ2) is 6.00. The van der Waals surface area contributed by atoms with E-state index < -0.39 is 0 Å². The zero-order chi connectivity index (χ0) is 13.0. The molecule has 1 fully saturated rings. The monoisotopic (exact) mass is 265 g/mol. The predicted octanol–water partition coefficient (Wildman–Crippen LogP) is 1.94. The number of benzene rings is 1. The number of nitrogens with one attached hydrogen (secondary N) is 2. The molecule has 98 valence electrons. The summed E-state index contributed by atoms with van der Waals surface area (Å²) in [5, 5.41) is 6.07. The maximum atomic E-state index is 11.6. The lowest BCUT2D eigenvalue weighted by molar-refractivity contribution is 0.0963. The third-order valence-electron chi connectivity index (χ3n) is 3.12. The van der Waals surface area contributed by atoms with Crippen molar-refractivity contribution in [2.24, 2.45) is 0 Å². The summed E-state index contributed by atoms with van der Waals surface area (Å²) >= 11 is 1.99. The van der Waals surface area contributed by atoms with Gasteiger partial charge in [0.05, 0.1) is 11.4 Å². The Bertz CT molecular complexity index is 430. The van der Waals surface area contributed by atoms with Crippen molar-refractivity contribution in [2.75, 3.05) is 29.6 Å². The number of amides is 1. The number of carbonyl (C=O) groups is 1. The van der Waals surface area contributed by atoms with Gasteiger partial charge in [0.15, 0.2) is 0 Å². The molecule has 0 spiro atoms. The number of nitrogens with two attached hydrogens (primary N) is 1. The van der Waals surface area contributed by atoms with Crippen molar-refractivity contribution in [2.45, 2.75) is 18.9 Å². The van der Waals surface area contributed by atoms with Crippen LogP contribution in [0.5, 0.6) is 0 Å². The van der Waals surface area contributed by atoms with Crippen molar-refractivity contribution < 1.29 is 4.79 Å². The van der Waals surface area contributed by atoms with Gasteiger partial charge in [-0.1, -0.05) is 0 Å². The van der Waals surface area contributed by atoms with Crippen LogP contribution in [-0.2, 0) is 0 Å². The molecule has 0 aromatic heterocycles. The van der Waals surface area contributed by atoms with Crippen molar-refractivity contribution in [3.05, 3.63) is 23.8 Å². The Kier molecular flexibility index (Phi) is 4.36. The summed E-state index contributed by atoms with van der Waals surface area (Å²) in [4.78, 5) is 11.6. The van der Waals surface area contributed by atoms with Gasteiger partial charge < -0.3 is 16.4 Å². The van der Waals surface area contributed by atoms with E-state index in [1.54, 1.807) is 19.2 Å². The van der Waals surface area contributed by atoms with Crippen LogP contribution in [0.3, 0.4) is 0 Å². The molecule has 1 amide bonds. The van der Waals surface area contributed by atoms with E-state index in [4.69, 9.17) is 5.73 Å². The molecule has 0 unspecified atom stereocenters. The molecule has 0 saturated carbocycles. The minimum atomic E-state index is -0.0859. The Balaban J connectivity index is 2.12. The number of carbonyl (C=O) groups excluding carboxylic acids is 1. The highest BCUT2D eigenvalue weighted by Gasteiger charge is 2.15. The third-order valence-corrected chi connectivity index (χ3v) is 4.17. The first-order valence-corrected chi connectivity index (χ1v) is 7.32. The number of thioether (sulfide) groups is 1. The summed E-state index contributed by atoms with van der Waals surface area (Å²) in [7, 11) is 1.63. The summed E-state index contributed by atoms with van der Waals surface area (Å²) in [5.74, 6) is 2.29. The summed E-state index contributed by atoms with van der Waals surface area (Å²) in [6.45, 7) is 0. The van der Waals surface area contributed by atoms with Crippen LogP contribution in [0.15, 0.2) is 18.2 Å². The van der Waals surface area contributed by atoms with E-state index in [9.17, 15) is 4.79 Å². The van der Waals surface area contributed by atoms with Crippen molar-refractivity contribution in [3.8, 4) is 0 Å². The first-order valence-electron chi connectivity index (χ1n) is 6.16. The van der Waals surface area contributed by atoms with E-state index in [0.717, 1.165) is 18.5 Å². The van der Waals surface area contributed by atoms with E-state index in [2.05, 4.69) is 10.6 Å². The summed E-state index contributed by atoms with van der Waals surface area (Å²) in [6, 6.07) is 5.82. The molecule has 0 bridgehead atoms. The number of hydrogen-bond acceptors (Lipinski definition) is 4. The van der Waals surface area contributed by atoms with Gasteiger partial charge >= 0.3 is 0 Å². The Hall–Kier alpha value is -1.36. The third kappa shape index (κ3) is 3.10. The molecule has 1 heterocycles. The first kappa shape index (κ1) is 13.1. The normalized spacial score (nSPS) is 16.3. The van der Waals surface area contributed by atoms with Crippen molar-refractivity contribution in [1.29, 1.82) is 0 Å². The van der Waals surface area contributed by atoms with Crippen LogP contribution < -0.4 is 16.4 Å². The number of hydrogen-bond donors (Lipinski definition) is 3. The van der Waals surface area contributed by atoms with Crippen molar-refractivity contribution >= 4 is 29.0 Å². The van der Waals surface area contributed by atoms with E-state index in [1.165, 1.54) is 11.5 Å². The lowest BCUT2D eigenvalue weighted by Crippen LogP contribution is -2.25. The Morgan fingerprint density at radius 1 is 1.39 bits per heavy atom. The average molecular weight is 265 g/mol. The molecule has 0 radical (unpaired) electrons. The minimum Gasteiger partial charge on any atom is -0.397 e. The van der Waals surface area contributed by atoms with Gasteiger partial charge in [-0.3, -0.25) is 4.79 Å². The zero-order valence-electron chi connectivity index (χ0n) is 10.5. The fourth-order valence-corrected chi connectivity index (χ4v) is 3.14. The van der Waals surface area contributed by atoms with Crippen molar-refractivity contribution in [3.63, 3.8) is 0 Å². The molecule has 0 atom stereocenters. The number of rotatable bonds is 3. The maximum absolute atomic E-state index is 11.6. The highest BCUT2D eigenvalue weighted by Crippen LogP contribution is 2.25. The SMILES string of the molecule is CNC(=O)c1ccc(N)c(NC2CCSCC2)c1. The molecule has 1 aliphatic heterocycles. The fraction of sp³-hybridized carbons (Fsp3) is 0.462. The van der Waals surface area contributed by atoms with Crippen LogP contribution >= 0.6 is 11.8 Å². The van der Waals surface area contributed by atoms with Gasteiger partial charge in [0.1, 0.15) is 0 Å². The van der Waals surface area contributed by atoms with Crippen LogP contribution in [0.2, 0.25) is 0 Å². The van der Waals surface area contributed by atoms with Gasteiger partial charge in [0, 0.05) is 18.7 Å². The van der Waals surface area contributed by atoms with Crippen LogP contribution in [0.4, 0.5) is 11.4 Å². The second-order valence-corrected chi connectivity index (χ2v) is 5.64. The molecular formula is C13H19N3OS. The van der Waals surface area contributed by atoms with Crippen LogP contribution in [0.25, 0.3) is 0 Å². The van der Waals surface area contributed by atoms with Gasteiger partial charge in [-0.15, -0.1) is 0 Å². The molecule has 2 rings (SSSR count). The molecule has 1 aliphatic rings. The minimum absolute atomic E-state index is 0.0859. The smallest absolute Gasteiger partial charge is 0.251 e. The summed E-state index contributed by atoms with van der Waals surface area (Å²) in [6.07, 6.45) is 2.29. The van der Waals surface area contributed by atoms with E-state index in [0.29, 0.717) is 17.3 Å². The van der Waals surface area contributed by atoms with E-state index in [1.807, 2.05) is 17.8 Å². The highest BCUT2D eigenvalue weighted by molar-refractivity contribution is 7.99. The van der Waals surface area contributed by atoms with Crippen molar-refractivity contribution in [1.82, 2.24) is 5.32 Å². The number of anilines is 2. The van der Waals surface area contributed by atoms with Crippen LogP contribution in [-0.4, -0.2) is 30.5 Å². The molecule has 1 aromatic carbocycles. The number of nitrogen functional groups attached to an aromatic ring is 1. The summed E-state index contributed by atoms with van der Waals surface area (Å²) in [5.41, 5.74) is 8.15. The van der Waals surface area contributed by atoms with Gasteiger partial charge in [0.25, 0.3) is 5.91 Å². The Morgan fingerprint density at radius 3 is 2.78 bits per heavy atom. The molecule has 18 heavy (non-hydrogen) atoms.